The van der Waals surface area contributed by atoms with Gasteiger partial charge in [0.2, 0.25) is 0 Å². The predicted molar refractivity (Wildman–Crippen MR) is 73.1 cm³/mol. The molecule has 1 aromatic carbocycles. The molecule has 1 heterocycles. The maximum atomic E-state index is 6.01. The summed E-state index contributed by atoms with van der Waals surface area (Å²) < 4.78 is 11.1. The van der Waals surface area contributed by atoms with E-state index in [1.54, 1.807) is 7.11 Å². The van der Waals surface area contributed by atoms with Crippen molar-refractivity contribution < 1.29 is 9.47 Å². The Hall–Kier alpha value is -1.06. The molecule has 2 rings (SSSR count). The van der Waals surface area contributed by atoms with Crippen molar-refractivity contribution in [3.05, 3.63) is 29.8 Å². The Morgan fingerprint density at radius 3 is 2.72 bits per heavy atom. The highest BCUT2D eigenvalue weighted by atomic mass is 16.5. The number of hydrogen-bond acceptors (Lipinski definition) is 3. The van der Waals surface area contributed by atoms with E-state index in [0.29, 0.717) is 12.1 Å². The van der Waals surface area contributed by atoms with Crippen molar-refractivity contribution in [3.63, 3.8) is 0 Å². The van der Waals surface area contributed by atoms with Gasteiger partial charge in [-0.2, -0.15) is 0 Å². The number of hydrogen-bond donors (Lipinski definition) is 1. The summed E-state index contributed by atoms with van der Waals surface area (Å²) >= 11 is 0. The summed E-state index contributed by atoms with van der Waals surface area (Å²) in [6.45, 7) is 4.03. The van der Waals surface area contributed by atoms with Gasteiger partial charge in [0.25, 0.3) is 0 Å². The SMILES string of the molecule is COCCc1ccc(OC2CCNC(C)C2)cc1. The molecule has 18 heavy (non-hydrogen) atoms. The second kappa shape index (κ2) is 6.76. The van der Waals surface area contributed by atoms with Gasteiger partial charge in [-0.3, -0.25) is 0 Å². The van der Waals surface area contributed by atoms with Crippen LogP contribution in [-0.2, 0) is 11.2 Å². The summed E-state index contributed by atoms with van der Waals surface area (Å²) in [6.07, 6.45) is 3.49. The first-order chi connectivity index (χ1) is 8.78. The van der Waals surface area contributed by atoms with E-state index in [1.165, 1.54) is 5.56 Å². The van der Waals surface area contributed by atoms with Crippen molar-refractivity contribution in [3.8, 4) is 5.75 Å². The van der Waals surface area contributed by atoms with Crippen LogP contribution in [0, 0.1) is 0 Å². The molecule has 0 amide bonds. The lowest BCUT2D eigenvalue weighted by molar-refractivity contribution is 0.144. The number of benzene rings is 1. The molecular weight excluding hydrogens is 226 g/mol. The normalized spacial score (nSPS) is 23.9. The molecule has 1 saturated heterocycles. The van der Waals surface area contributed by atoms with Crippen LogP contribution in [0.4, 0.5) is 0 Å². The van der Waals surface area contributed by atoms with Crippen molar-refractivity contribution in [1.29, 1.82) is 0 Å². The fourth-order valence-corrected chi connectivity index (χ4v) is 2.34. The lowest BCUT2D eigenvalue weighted by Crippen LogP contribution is -2.40. The molecule has 0 aromatic heterocycles. The Morgan fingerprint density at radius 2 is 2.06 bits per heavy atom. The molecule has 0 spiro atoms. The summed E-state index contributed by atoms with van der Waals surface area (Å²) in [5.41, 5.74) is 1.29. The van der Waals surface area contributed by atoms with Gasteiger partial charge in [0.1, 0.15) is 11.9 Å². The molecule has 0 radical (unpaired) electrons. The van der Waals surface area contributed by atoms with E-state index in [4.69, 9.17) is 9.47 Å². The van der Waals surface area contributed by atoms with E-state index >= 15 is 0 Å². The zero-order chi connectivity index (χ0) is 12.8. The molecule has 0 aliphatic carbocycles. The van der Waals surface area contributed by atoms with Crippen LogP contribution >= 0.6 is 0 Å². The molecule has 100 valence electrons. The zero-order valence-electron chi connectivity index (χ0n) is 11.3. The average molecular weight is 249 g/mol. The van der Waals surface area contributed by atoms with Crippen LogP contribution in [0.2, 0.25) is 0 Å². The fourth-order valence-electron chi connectivity index (χ4n) is 2.34. The quantitative estimate of drug-likeness (QED) is 0.869. The van der Waals surface area contributed by atoms with E-state index in [0.717, 1.165) is 38.2 Å². The first-order valence-corrected chi connectivity index (χ1v) is 6.76. The molecule has 0 bridgehead atoms. The lowest BCUT2D eigenvalue weighted by Gasteiger charge is -2.28. The monoisotopic (exact) mass is 249 g/mol. The summed E-state index contributed by atoms with van der Waals surface area (Å²) in [6, 6.07) is 8.94. The van der Waals surface area contributed by atoms with Crippen molar-refractivity contribution >= 4 is 0 Å². The van der Waals surface area contributed by atoms with Crippen LogP contribution < -0.4 is 10.1 Å². The molecule has 2 unspecified atom stereocenters. The third-order valence-electron chi connectivity index (χ3n) is 3.40. The Balaban J connectivity index is 1.85. The molecule has 3 nitrogen and oxygen atoms in total. The van der Waals surface area contributed by atoms with Crippen LogP contribution in [-0.4, -0.2) is 32.4 Å². The average Bonchev–Trinajstić information content (AvgIpc) is 2.38. The number of ether oxygens (including phenoxy) is 2. The van der Waals surface area contributed by atoms with Gasteiger partial charge in [0.05, 0.1) is 6.61 Å². The summed E-state index contributed by atoms with van der Waals surface area (Å²) in [5.74, 6) is 0.982. The minimum Gasteiger partial charge on any atom is -0.490 e. The lowest BCUT2D eigenvalue weighted by atomic mass is 10.0. The second-order valence-electron chi connectivity index (χ2n) is 5.01. The minimum atomic E-state index is 0.353. The summed E-state index contributed by atoms with van der Waals surface area (Å²) in [4.78, 5) is 0. The van der Waals surface area contributed by atoms with Gasteiger partial charge in [-0.05, 0) is 50.4 Å². The fraction of sp³-hybridized carbons (Fsp3) is 0.600. The van der Waals surface area contributed by atoms with E-state index in [-0.39, 0.29) is 0 Å². The largest absolute Gasteiger partial charge is 0.490 e. The van der Waals surface area contributed by atoms with Crippen molar-refractivity contribution in [1.82, 2.24) is 5.32 Å². The van der Waals surface area contributed by atoms with E-state index in [2.05, 4.69) is 36.5 Å². The first kappa shape index (κ1) is 13.4. The first-order valence-electron chi connectivity index (χ1n) is 6.76. The number of piperidine rings is 1. The van der Waals surface area contributed by atoms with Crippen LogP contribution in [0.3, 0.4) is 0 Å². The van der Waals surface area contributed by atoms with E-state index in [9.17, 15) is 0 Å². The molecule has 3 heteroatoms. The number of nitrogens with one attached hydrogen (secondary N) is 1. The van der Waals surface area contributed by atoms with Crippen LogP contribution in [0.5, 0.6) is 5.75 Å². The van der Waals surface area contributed by atoms with E-state index < -0.39 is 0 Å². The van der Waals surface area contributed by atoms with Gasteiger partial charge in [-0.25, -0.2) is 0 Å². The highest BCUT2D eigenvalue weighted by molar-refractivity contribution is 5.27. The topological polar surface area (TPSA) is 30.5 Å². The van der Waals surface area contributed by atoms with Crippen LogP contribution in [0.25, 0.3) is 0 Å². The van der Waals surface area contributed by atoms with Crippen LogP contribution in [0.1, 0.15) is 25.3 Å². The summed E-state index contributed by atoms with van der Waals surface area (Å²) in [5, 5.41) is 3.44. The van der Waals surface area contributed by atoms with Crippen LogP contribution in [0.15, 0.2) is 24.3 Å². The molecule has 2 atom stereocenters. The molecule has 0 saturated carbocycles. The van der Waals surface area contributed by atoms with Gasteiger partial charge in [-0.15, -0.1) is 0 Å². The highest BCUT2D eigenvalue weighted by Crippen LogP contribution is 2.19. The number of rotatable bonds is 5. The molecule has 1 aliphatic rings. The standard InChI is InChI=1S/C15H23NO2/c1-12-11-15(7-9-16-12)18-14-5-3-13(4-6-14)8-10-17-2/h3-6,12,15-16H,7-11H2,1-2H3. The van der Waals surface area contributed by atoms with Gasteiger partial charge < -0.3 is 14.8 Å². The zero-order valence-corrected chi connectivity index (χ0v) is 11.3. The highest BCUT2D eigenvalue weighted by Gasteiger charge is 2.19. The Kier molecular flexibility index (Phi) is 5.02. The molecule has 1 aromatic rings. The third-order valence-corrected chi connectivity index (χ3v) is 3.40. The maximum absolute atomic E-state index is 6.01. The third kappa shape index (κ3) is 4.00. The van der Waals surface area contributed by atoms with Crippen molar-refractivity contribution in [2.24, 2.45) is 0 Å². The van der Waals surface area contributed by atoms with Gasteiger partial charge in [0, 0.05) is 13.2 Å². The van der Waals surface area contributed by atoms with Gasteiger partial charge in [0.15, 0.2) is 0 Å². The Bertz CT molecular complexity index is 350. The van der Waals surface area contributed by atoms with E-state index in [1.807, 2.05) is 0 Å². The Morgan fingerprint density at radius 1 is 1.28 bits per heavy atom. The predicted octanol–water partition coefficient (Wildman–Crippen LogP) is 2.39. The summed E-state index contributed by atoms with van der Waals surface area (Å²) in [7, 11) is 1.73. The second-order valence-corrected chi connectivity index (χ2v) is 5.01. The molecule has 1 N–H and O–H groups in total. The van der Waals surface area contributed by atoms with Crippen molar-refractivity contribution in [2.75, 3.05) is 20.3 Å². The number of methoxy groups -OCH3 is 1. The maximum Gasteiger partial charge on any atom is 0.119 e. The van der Waals surface area contributed by atoms with Crippen molar-refractivity contribution in [2.45, 2.75) is 38.3 Å². The van der Waals surface area contributed by atoms with Gasteiger partial charge in [-0.1, -0.05) is 12.1 Å². The molecular formula is C15H23NO2. The smallest absolute Gasteiger partial charge is 0.119 e. The van der Waals surface area contributed by atoms with Gasteiger partial charge >= 0.3 is 0 Å². The Labute approximate surface area is 109 Å². The molecule has 1 fully saturated rings. The minimum absolute atomic E-state index is 0.353. The molecule has 1 aliphatic heterocycles.